The molecular formula is C12H21NO5. The fraction of sp³-hybridized carbons (Fsp3) is 0.333. The highest BCUT2D eigenvalue weighted by atomic mass is 16.4. The number of carbonyl (C=O) groups excluding carboxylic acids is 3. The molecule has 0 saturated heterocycles. The van der Waals surface area contributed by atoms with Crippen molar-refractivity contribution in [3.8, 4) is 0 Å². The molecule has 0 aliphatic heterocycles. The van der Waals surface area contributed by atoms with Crippen molar-refractivity contribution < 1.29 is 24.3 Å². The van der Waals surface area contributed by atoms with E-state index in [1.807, 2.05) is 0 Å². The van der Waals surface area contributed by atoms with Crippen LogP contribution in [0.5, 0.6) is 0 Å². The fourth-order valence-corrected chi connectivity index (χ4v) is 0. The Morgan fingerprint density at radius 2 is 1.00 bits per heavy atom. The molecule has 104 valence electrons. The van der Waals surface area contributed by atoms with Crippen LogP contribution in [0.3, 0.4) is 0 Å². The van der Waals surface area contributed by atoms with Crippen LogP contribution in [0, 0.1) is 0 Å². The van der Waals surface area contributed by atoms with Gasteiger partial charge in [0.1, 0.15) is 11.6 Å². The summed E-state index contributed by atoms with van der Waals surface area (Å²) in [6.45, 7) is 12.2. The first-order chi connectivity index (χ1) is 8.00. The van der Waals surface area contributed by atoms with Crippen LogP contribution in [0.1, 0.15) is 27.7 Å². The molecule has 0 aliphatic rings. The quantitative estimate of drug-likeness (QED) is 0.721. The van der Waals surface area contributed by atoms with Gasteiger partial charge in [-0.25, -0.2) is 4.79 Å². The van der Waals surface area contributed by atoms with Crippen LogP contribution in [-0.2, 0) is 19.2 Å². The third kappa shape index (κ3) is 723. The molecule has 0 rings (SSSR count). The highest BCUT2D eigenvalue weighted by molar-refractivity contribution is 5.85. The molecule has 0 atom stereocenters. The van der Waals surface area contributed by atoms with Gasteiger partial charge in [-0.2, -0.15) is 0 Å². The minimum Gasteiger partial charge on any atom is -0.478 e. The molecule has 3 N–H and O–H groups in total. The lowest BCUT2D eigenvalue weighted by atomic mass is 10.6. The molecule has 0 aromatic carbocycles. The zero-order chi connectivity index (χ0) is 15.7. The minimum absolute atomic E-state index is 0.167. The first-order valence-corrected chi connectivity index (χ1v) is 4.72. The maximum Gasteiger partial charge on any atom is 0.327 e. The molecule has 1 amide bonds. The molecule has 0 aromatic rings. The molecule has 0 bridgehead atoms. The van der Waals surface area contributed by atoms with Crippen LogP contribution >= 0.6 is 0 Å². The SMILES string of the molecule is C=CC(=O)O.C=CC(N)=O.CC(C)=O.CC(C)=O. The summed E-state index contributed by atoms with van der Waals surface area (Å²) < 4.78 is 0. The molecule has 6 heteroatoms. The summed E-state index contributed by atoms with van der Waals surface area (Å²) in [5.41, 5.74) is 4.53. The van der Waals surface area contributed by atoms with Crippen LogP contribution in [0.4, 0.5) is 0 Å². The first kappa shape index (κ1) is 24.8. The van der Waals surface area contributed by atoms with Gasteiger partial charge in [0.05, 0.1) is 0 Å². The third-order valence-electron chi connectivity index (χ3n) is 0.376. The Balaban J connectivity index is -0.0000000731. The van der Waals surface area contributed by atoms with Gasteiger partial charge < -0.3 is 20.4 Å². The smallest absolute Gasteiger partial charge is 0.327 e. The van der Waals surface area contributed by atoms with Crippen molar-refractivity contribution in [3.63, 3.8) is 0 Å². The van der Waals surface area contributed by atoms with Gasteiger partial charge in [0.2, 0.25) is 5.91 Å². The number of Topliss-reactive ketones (excluding diaryl/α,β-unsaturated/α-hetero) is 2. The number of rotatable bonds is 2. The van der Waals surface area contributed by atoms with Gasteiger partial charge in [-0.3, -0.25) is 4.79 Å². The average molecular weight is 259 g/mol. The molecule has 0 aliphatic carbocycles. The van der Waals surface area contributed by atoms with Gasteiger partial charge in [-0.05, 0) is 33.8 Å². The van der Waals surface area contributed by atoms with E-state index in [0.717, 1.165) is 12.2 Å². The summed E-state index contributed by atoms with van der Waals surface area (Å²) in [6, 6.07) is 0. The van der Waals surface area contributed by atoms with Crippen molar-refractivity contribution in [3.05, 3.63) is 25.3 Å². The van der Waals surface area contributed by atoms with E-state index in [1.165, 1.54) is 27.7 Å². The summed E-state index contributed by atoms with van der Waals surface area (Å²) in [5.74, 6) is -1.13. The number of carboxylic acids is 1. The zero-order valence-electron chi connectivity index (χ0n) is 11.2. The van der Waals surface area contributed by atoms with E-state index in [0.29, 0.717) is 0 Å². The predicted molar refractivity (Wildman–Crippen MR) is 69.9 cm³/mol. The molecule has 0 spiro atoms. The highest BCUT2D eigenvalue weighted by Gasteiger charge is 1.73. The van der Waals surface area contributed by atoms with Gasteiger partial charge >= 0.3 is 5.97 Å². The summed E-state index contributed by atoms with van der Waals surface area (Å²) in [4.78, 5) is 37.6. The summed E-state index contributed by atoms with van der Waals surface area (Å²) >= 11 is 0. The van der Waals surface area contributed by atoms with E-state index in [-0.39, 0.29) is 11.6 Å². The van der Waals surface area contributed by atoms with E-state index in [1.54, 1.807) is 0 Å². The van der Waals surface area contributed by atoms with Crippen molar-refractivity contribution in [2.45, 2.75) is 27.7 Å². The van der Waals surface area contributed by atoms with Crippen LogP contribution in [0.25, 0.3) is 0 Å². The Kier molecular flexibility index (Phi) is 27.9. The van der Waals surface area contributed by atoms with Gasteiger partial charge in [-0.15, -0.1) is 0 Å². The molecule has 0 saturated carbocycles. The topological polar surface area (TPSA) is 115 Å². The van der Waals surface area contributed by atoms with Crippen molar-refractivity contribution in [2.75, 3.05) is 0 Å². The van der Waals surface area contributed by atoms with Gasteiger partial charge in [0, 0.05) is 6.08 Å². The van der Waals surface area contributed by atoms with Crippen LogP contribution < -0.4 is 5.73 Å². The molecule has 18 heavy (non-hydrogen) atoms. The van der Waals surface area contributed by atoms with Crippen molar-refractivity contribution in [1.29, 1.82) is 0 Å². The largest absolute Gasteiger partial charge is 0.478 e. The second-order valence-electron chi connectivity index (χ2n) is 2.97. The summed E-state index contributed by atoms with van der Waals surface area (Å²) in [7, 11) is 0. The molecule has 0 heterocycles. The number of hydrogen-bond acceptors (Lipinski definition) is 4. The van der Waals surface area contributed by atoms with Crippen molar-refractivity contribution in [2.24, 2.45) is 5.73 Å². The number of carbonyl (C=O) groups is 4. The second-order valence-corrected chi connectivity index (χ2v) is 2.97. The minimum atomic E-state index is -0.981. The maximum absolute atomic E-state index is 9.47. The Hall–Kier alpha value is -2.24. The molecule has 6 nitrogen and oxygen atoms in total. The summed E-state index contributed by atoms with van der Waals surface area (Å²) in [6.07, 6.45) is 1.89. The highest BCUT2D eigenvalue weighted by Crippen LogP contribution is 1.54. The van der Waals surface area contributed by atoms with Gasteiger partial charge in [-0.1, -0.05) is 13.2 Å². The van der Waals surface area contributed by atoms with Crippen LogP contribution in [0.15, 0.2) is 25.3 Å². The van der Waals surface area contributed by atoms with Crippen molar-refractivity contribution in [1.82, 2.24) is 0 Å². The second kappa shape index (κ2) is 20.2. The Labute approximate surface area is 107 Å². The molecule has 0 aromatic heterocycles. The normalized spacial score (nSPS) is 6.44. The average Bonchev–Trinajstić information content (AvgIpc) is 2.16. The lowest BCUT2D eigenvalue weighted by molar-refractivity contribution is -0.131. The fourth-order valence-electron chi connectivity index (χ4n) is 0. The Morgan fingerprint density at radius 1 is 0.889 bits per heavy atom. The van der Waals surface area contributed by atoms with E-state index >= 15 is 0 Å². The van der Waals surface area contributed by atoms with E-state index in [9.17, 15) is 19.2 Å². The Morgan fingerprint density at radius 3 is 1.00 bits per heavy atom. The number of amides is 1. The zero-order valence-corrected chi connectivity index (χ0v) is 11.2. The summed E-state index contributed by atoms with van der Waals surface area (Å²) in [5, 5.41) is 7.60. The monoisotopic (exact) mass is 259 g/mol. The third-order valence-corrected chi connectivity index (χ3v) is 0.376. The van der Waals surface area contributed by atoms with Gasteiger partial charge in [0.25, 0.3) is 0 Å². The number of carboxylic acid groups (broad SMARTS) is 1. The lowest BCUT2D eigenvalue weighted by Gasteiger charge is -1.65. The maximum atomic E-state index is 9.47. The molecule has 0 fully saturated rings. The number of nitrogens with two attached hydrogens (primary N) is 1. The van der Waals surface area contributed by atoms with Crippen LogP contribution in [-0.4, -0.2) is 28.5 Å². The predicted octanol–water partition coefficient (Wildman–Crippen LogP) is 1.11. The van der Waals surface area contributed by atoms with E-state index in [4.69, 9.17) is 5.11 Å². The van der Waals surface area contributed by atoms with Gasteiger partial charge in [0.15, 0.2) is 0 Å². The number of aliphatic carboxylic acids is 1. The molecule has 0 unspecified atom stereocenters. The molecule has 0 radical (unpaired) electrons. The molecular weight excluding hydrogens is 238 g/mol. The van der Waals surface area contributed by atoms with Crippen LogP contribution in [0.2, 0.25) is 0 Å². The van der Waals surface area contributed by atoms with E-state index in [2.05, 4.69) is 18.9 Å². The van der Waals surface area contributed by atoms with Crippen molar-refractivity contribution >= 4 is 23.4 Å². The number of ketones is 2. The van der Waals surface area contributed by atoms with E-state index < -0.39 is 11.9 Å². The standard InChI is InChI=1S/C3H5NO.C3H4O2.2C3H6O/c2*1-2-3(4)5;2*1-3(2)4/h2H,1H2,(H2,4,5);2H,1H2,(H,4,5);2*1-2H3. The lowest BCUT2D eigenvalue weighted by Crippen LogP contribution is -2.04. The number of hydrogen-bond donors (Lipinski definition) is 2. The Bertz CT molecular complexity index is 257. The first-order valence-electron chi connectivity index (χ1n) is 4.72. The number of primary amides is 1.